The lowest BCUT2D eigenvalue weighted by Crippen LogP contribution is -2.26. The molecule has 1 atom stereocenters. The van der Waals surface area contributed by atoms with Crippen LogP contribution in [0.2, 0.25) is 0 Å². The number of halogens is 1. The van der Waals surface area contributed by atoms with Gasteiger partial charge >= 0.3 is 0 Å². The van der Waals surface area contributed by atoms with Gasteiger partial charge in [-0.2, -0.15) is 0 Å². The Hall–Kier alpha value is -1.78. The normalized spacial score (nSPS) is 12.4. The number of nitrogens with zero attached hydrogens (tertiary/aromatic N) is 1. The first-order valence-corrected chi connectivity index (χ1v) is 5.76. The molecule has 0 bridgehead atoms. The number of pyridine rings is 1. The lowest BCUT2D eigenvalue weighted by molar-refractivity contribution is 0.265. The van der Waals surface area contributed by atoms with Gasteiger partial charge < -0.3 is 10.8 Å². The van der Waals surface area contributed by atoms with Crippen molar-refractivity contribution in [1.82, 2.24) is 4.98 Å². The quantitative estimate of drug-likeness (QED) is 0.864. The highest BCUT2D eigenvalue weighted by Crippen LogP contribution is 2.23. The fraction of sp³-hybridized carbons (Fsp3) is 0.214. The van der Waals surface area contributed by atoms with Crippen LogP contribution in [0.15, 0.2) is 42.7 Å². The van der Waals surface area contributed by atoms with Crippen molar-refractivity contribution in [3.63, 3.8) is 0 Å². The van der Waals surface area contributed by atoms with Crippen molar-refractivity contribution in [2.24, 2.45) is 5.73 Å². The third-order valence-corrected chi connectivity index (χ3v) is 2.74. The zero-order valence-electron chi connectivity index (χ0n) is 9.88. The molecule has 0 spiro atoms. The number of hydrogen-bond donors (Lipinski definition) is 2. The summed E-state index contributed by atoms with van der Waals surface area (Å²) in [6, 6.07) is 8.22. The molecule has 18 heavy (non-hydrogen) atoms. The molecule has 1 aromatic carbocycles. The summed E-state index contributed by atoms with van der Waals surface area (Å²) >= 11 is 0. The molecular formula is C14H15FN2O. The van der Waals surface area contributed by atoms with Gasteiger partial charge in [0.1, 0.15) is 5.82 Å². The molecule has 4 heteroatoms. The fourth-order valence-corrected chi connectivity index (χ4v) is 1.81. The third kappa shape index (κ3) is 2.91. The van der Waals surface area contributed by atoms with Gasteiger partial charge in [0.2, 0.25) is 0 Å². The van der Waals surface area contributed by atoms with Crippen LogP contribution in [-0.4, -0.2) is 22.7 Å². The summed E-state index contributed by atoms with van der Waals surface area (Å²) in [4.78, 5) is 3.97. The first kappa shape index (κ1) is 12.7. The van der Waals surface area contributed by atoms with E-state index in [0.29, 0.717) is 12.0 Å². The van der Waals surface area contributed by atoms with Crippen LogP contribution in [0.1, 0.15) is 5.56 Å². The minimum Gasteiger partial charge on any atom is -0.395 e. The predicted molar refractivity (Wildman–Crippen MR) is 68.4 cm³/mol. The number of aliphatic hydroxyl groups is 1. The van der Waals surface area contributed by atoms with Gasteiger partial charge in [0.25, 0.3) is 0 Å². The van der Waals surface area contributed by atoms with Crippen LogP contribution in [0, 0.1) is 5.82 Å². The molecule has 2 aromatic rings. The van der Waals surface area contributed by atoms with Gasteiger partial charge in [-0.3, -0.25) is 4.98 Å². The second-order valence-electron chi connectivity index (χ2n) is 4.20. The molecule has 1 unspecified atom stereocenters. The van der Waals surface area contributed by atoms with E-state index in [-0.39, 0.29) is 18.5 Å². The standard InChI is InChI=1S/C14H15FN2O/c15-14-7-10(6-12(16)9-18)3-4-13(14)11-2-1-5-17-8-11/h1-5,7-8,12,18H,6,9,16H2. The molecule has 0 radical (unpaired) electrons. The summed E-state index contributed by atoms with van der Waals surface area (Å²) < 4.78 is 14.0. The zero-order chi connectivity index (χ0) is 13.0. The molecule has 0 amide bonds. The first-order valence-electron chi connectivity index (χ1n) is 5.76. The summed E-state index contributed by atoms with van der Waals surface area (Å²) in [6.07, 6.45) is 3.73. The number of aromatic nitrogens is 1. The van der Waals surface area contributed by atoms with Crippen molar-refractivity contribution in [3.05, 3.63) is 54.1 Å². The van der Waals surface area contributed by atoms with E-state index in [0.717, 1.165) is 11.1 Å². The van der Waals surface area contributed by atoms with Gasteiger partial charge in [0, 0.05) is 29.6 Å². The molecule has 3 N–H and O–H groups in total. The van der Waals surface area contributed by atoms with Gasteiger partial charge in [0.15, 0.2) is 0 Å². The number of hydrogen-bond acceptors (Lipinski definition) is 3. The van der Waals surface area contributed by atoms with Crippen molar-refractivity contribution < 1.29 is 9.50 Å². The van der Waals surface area contributed by atoms with Gasteiger partial charge in [-0.15, -0.1) is 0 Å². The van der Waals surface area contributed by atoms with Crippen molar-refractivity contribution >= 4 is 0 Å². The van der Waals surface area contributed by atoms with Crippen LogP contribution in [0.25, 0.3) is 11.1 Å². The highest BCUT2D eigenvalue weighted by atomic mass is 19.1. The Labute approximate surface area is 105 Å². The third-order valence-electron chi connectivity index (χ3n) is 2.74. The van der Waals surface area contributed by atoms with E-state index in [1.807, 2.05) is 12.1 Å². The topological polar surface area (TPSA) is 59.1 Å². The van der Waals surface area contributed by atoms with Crippen LogP contribution < -0.4 is 5.73 Å². The fourth-order valence-electron chi connectivity index (χ4n) is 1.81. The highest BCUT2D eigenvalue weighted by Gasteiger charge is 2.08. The predicted octanol–water partition coefficient (Wildman–Crippen LogP) is 1.75. The van der Waals surface area contributed by atoms with E-state index in [4.69, 9.17) is 10.8 Å². The van der Waals surface area contributed by atoms with Crippen LogP contribution in [0.5, 0.6) is 0 Å². The van der Waals surface area contributed by atoms with Gasteiger partial charge in [-0.1, -0.05) is 18.2 Å². The maximum Gasteiger partial charge on any atom is 0.131 e. The van der Waals surface area contributed by atoms with E-state index in [9.17, 15) is 4.39 Å². The molecule has 0 fully saturated rings. The van der Waals surface area contributed by atoms with Gasteiger partial charge in [-0.25, -0.2) is 4.39 Å². The molecule has 0 aliphatic heterocycles. The molecule has 2 rings (SSSR count). The molecule has 1 heterocycles. The molecule has 0 saturated carbocycles. The number of rotatable bonds is 4. The van der Waals surface area contributed by atoms with Crippen LogP contribution in [0.4, 0.5) is 4.39 Å². The van der Waals surface area contributed by atoms with E-state index < -0.39 is 0 Å². The average Bonchev–Trinajstić information content (AvgIpc) is 2.40. The van der Waals surface area contributed by atoms with Gasteiger partial charge in [0.05, 0.1) is 6.61 Å². The average molecular weight is 246 g/mol. The van der Waals surface area contributed by atoms with Crippen molar-refractivity contribution in [2.45, 2.75) is 12.5 Å². The molecule has 1 aromatic heterocycles. The molecule has 94 valence electrons. The summed E-state index contributed by atoms with van der Waals surface area (Å²) in [7, 11) is 0. The smallest absolute Gasteiger partial charge is 0.131 e. The SMILES string of the molecule is NC(CO)Cc1ccc(-c2cccnc2)c(F)c1. The second-order valence-corrected chi connectivity index (χ2v) is 4.20. The van der Waals surface area contributed by atoms with E-state index >= 15 is 0 Å². The number of benzene rings is 1. The summed E-state index contributed by atoms with van der Waals surface area (Å²) in [5.41, 5.74) is 7.66. The van der Waals surface area contributed by atoms with Crippen LogP contribution >= 0.6 is 0 Å². The van der Waals surface area contributed by atoms with Crippen molar-refractivity contribution in [2.75, 3.05) is 6.61 Å². The number of aliphatic hydroxyl groups excluding tert-OH is 1. The number of nitrogens with two attached hydrogens (primary N) is 1. The monoisotopic (exact) mass is 246 g/mol. The van der Waals surface area contributed by atoms with Crippen molar-refractivity contribution in [3.8, 4) is 11.1 Å². The van der Waals surface area contributed by atoms with E-state index in [2.05, 4.69) is 4.98 Å². The first-order chi connectivity index (χ1) is 8.70. The van der Waals surface area contributed by atoms with Crippen LogP contribution in [0.3, 0.4) is 0 Å². The minimum atomic E-state index is -0.353. The molecule has 0 aliphatic carbocycles. The Morgan fingerprint density at radius 2 is 2.17 bits per heavy atom. The summed E-state index contributed by atoms with van der Waals surface area (Å²) in [5, 5.41) is 8.87. The van der Waals surface area contributed by atoms with E-state index in [1.54, 1.807) is 24.5 Å². The molecular weight excluding hydrogens is 231 g/mol. The van der Waals surface area contributed by atoms with Crippen LogP contribution in [-0.2, 0) is 6.42 Å². The molecule has 0 saturated heterocycles. The van der Waals surface area contributed by atoms with Crippen molar-refractivity contribution in [1.29, 1.82) is 0 Å². The Morgan fingerprint density at radius 1 is 1.33 bits per heavy atom. The molecule has 0 aliphatic rings. The Kier molecular flexibility index (Phi) is 4.02. The lowest BCUT2D eigenvalue weighted by atomic mass is 10.0. The minimum absolute atomic E-state index is 0.105. The lowest BCUT2D eigenvalue weighted by Gasteiger charge is -2.09. The highest BCUT2D eigenvalue weighted by molar-refractivity contribution is 5.63. The summed E-state index contributed by atoms with van der Waals surface area (Å²) in [5.74, 6) is -0.300. The Balaban J connectivity index is 2.26. The Bertz CT molecular complexity index is 516. The maximum absolute atomic E-state index is 14.0. The van der Waals surface area contributed by atoms with E-state index in [1.165, 1.54) is 6.07 Å². The zero-order valence-corrected chi connectivity index (χ0v) is 9.88. The largest absolute Gasteiger partial charge is 0.395 e. The van der Waals surface area contributed by atoms with Gasteiger partial charge in [-0.05, 0) is 24.1 Å². The Morgan fingerprint density at radius 3 is 2.78 bits per heavy atom. The second kappa shape index (κ2) is 5.71. The summed E-state index contributed by atoms with van der Waals surface area (Å²) in [6.45, 7) is -0.105. The molecule has 3 nitrogen and oxygen atoms in total. The maximum atomic E-state index is 14.0.